The average molecular weight is 275 g/mol. The Morgan fingerprint density at radius 2 is 2.06 bits per heavy atom. The second-order valence-electron chi connectivity index (χ2n) is 3.68. The molecule has 1 aromatic carbocycles. The predicted molar refractivity (Wildman–Crippen MR) is 69.9 cm³/mol. The first-order valence-corrected chi connectivity index (χ1v) is 6.04. The lowest BCUT2D eigenvalue weighted by Crippen LogP contribution is -2.36. The maximum Gasteiger partial charge on any atom is 0.186 e. The fourth-order valence-corrected chi connectivity index (χ4v) is 2.82. The van der Waals surface area contributed by atoms with E-state index in [2.05, 4.69) is 9.88 Å². The first-order valence-electron chi connectivity index (χ1n) is 5.22. The summed E-state index contributed by atoms with van der Waals surface area (Å²) in [7, 11) is 0. The number of hydrogen-bond acceptors (Lipinski definition) is 4. The molecule has 17 heavy (non-hydrogen) atoms. The van der Waals surface area contributed by atoms with E-state index in [1.165, 1.54) is 17.4 Å². The third-order valence-electron chi connectivity index (χ3n) is 2.64. The standard InChI is InChI=1S/C11H11FN2OS.ClH/c12-8-2-1-3-9-10(8)13-11(16-9)14-4-6-15-7-5-14;/h1-3H,4-7H2;1H. The summed E-state index contributed by atoms with van der Waals surface area (Å²) in [6.07, 6.45) is 0. The molecule has 0 saturated carbocycles. The molecule has 1 aliphatic heterocycles. The first-order chi connectivity index (χ1) is 7.84. The molecular formula is C11H12ClFN2OS. The Balaban J connectivity index is 0.00000108. The molecule has 1 saturated heterocycles. The van der Waals surface area contributed by atoms with Crippen LogP contribution in [-0.2, 0) is 4.74 Å². The van der Waals surface area contributed by atoms with Gasteiger partial charge in [-0.15, -0.1) is 12.4 Å². The van der Waals surface area contributed by atoms with Gasteiger partial charge >= 0.3 is 0 Å². The fraction of sp³-hybridized carbons (Fsp3) is 0.364. The third-order valence-corrected chi connectivity index (χ3v) is 3.72. The Kier molecular flexibility index (Phi) is 3.81. The Bertz CT molecular complexity index is 513. The number of anilines is 1. The summed E-state index contributed by atoms with van der Waals surface area (Å²) in [5.74, 6) is -0.242. The number of nitrogens with zero attached hydrogens (tertiary/aromatic N) is 2. The molecule has 2 aromatic rings. The van der Waals surface area contributed by atoms with E-state index in [-0.39, 0.29) is 18.2 Å². The van der Waals surface area contributed by atoms with E-state index in [0.717, 1.165) is 36.1 Å². The molecule has 1 aliphatic rings. The van der Waals surface area contributed by atoms with Crippen LogP contribution in [0.25, 0.3) is 10.2 Å². The van der Waals surface area contributed by atoms with Crippen LogP contribution in [0.5, 0.6) is 0 Å². The van der Waals surface area contributed by atoms with Crippen LogP contribution in [-0.4, -0.2) is 31.3 Å². The monoisotopic (exact) mass is 274 g/mol. The van der Waals surface area contributed by atoms with Crippen molar-refractivity contribution >= 4 is 39.1 Å². The summed E-state index contributed by atoms with van der Waals surface area (Å²) in [6, 6.07) is 5.07. The lowest BCUT2D eigenvalue weighted by molar-refractivity contribution is 0.122. The topological polar surface area (TPSA) is 25.4 Å². The van der Waals surface area contributed by atoms with Crippen LogP contribution in [0, 0.1) is 5.82 Å². The van der Waals surface area contributed by atoms with Gasteiger partial charge in [0.25, 0.3) is 0 Å². The van der Waals surface area contributed by atoms with Crippen LogP contribution in [0.4, 0.5) is 9.52 Å². The minimum Gasteiger partial charge on any atom is -0.378 e. The van der Waals surface area contributed by atoms with E-state index in [9.17, 15) is 4.39 Å². The van der Waals surface area contributed by atoms with Crippen LogP contribution in [0.3, 0.4) is 0 Å². The van der Waals surface area contributed by atoms with Crippen molar-refractivity contribution in [1.29, 1.82) is 0 Å². The molecule has 0 bridgehead atoms. The Morgan fingerprint density at radius 1 is 1.29 bits per heavy atom. The van der Waals surface area contributed by atoms with Gasteiger partial charge in [-0.1, -0.05) is 17.4 Å². The lowest BCUT2D eigenvalue weighted by atomic mass is 10.3. The Morgan fingerprint density at radius 3 is 2.76 bits per heavy atom. The van der Waals surface area contributed by atoms with Gasteiger partial charge < -0.3 is 9.64 Å². The summed E-state index contributed by atoms with van der Waals surface area (Å²) in [5, 5.41) is 0.892. The van der Waals surface area contributed by atoms with Crippen molar-refractivity contribution in [2.75, 3.05) is 31.2 Å². The normalized spacial score (nSPS) is 15.9. The highest BCUT2D eigenvalue weighted by Gasteiger charge is 2.16. The van der Waals surface area contributed by atoms with Crippen molar-refractivity contribution < 1.29 is 9.13 Å². The molecule has 1 fully saturated rings. The summed E-state index contributed by atoms with van der Waals surface area (Å²) in [6.45, 7) is 3.11. The second kappa shape index (κ2) is 5.16. The smallest absolute Gasteiger partial charge is 0.186 e. The van der Waals surface area contributed by atoms with Gasteiger partial charge in [-0.05, 0) is 12.1 Å². The molecule has 0 radical (unpaired) electrons. The molecular weight excluding hydrogens is 263 g/mol. The van der Waals surface area contributed by atoms with Crippen molar-refractivity contribution in [3.63, 3.8) is 0 Å². The SMILES string of the molecule is Cl.Fc1cccc2sc(N3CCOCC3)nc12. The highest BCUT2D eigenvalue weighted by Crippen LogP contribution is 2.30. The number of hydrogen-bond donors (Lipinski definition) is 0. The maximum absolute atomic E-state index is 13.5. The van der Waals surface area contributed by atoms with Crippen molar-refractivity contribution in [3.05, 3.63) is 24.0 Å². The predicted octanol–water partition coefficient (Wildman–Crippen LogP) is 2.69. The molecule has 0 amide bonds. The van der Waals surface area contributed by atoms with E-state index >= 15 is 0 Å². The average Bonchev–Trinajstić information content (AvgIpc) is 2.76. The highest BCUT2D eigenvalue weighted by molar-refractivity contribution is 7.22. The fourth-order valence-electron chi connectivity index (χ4n) is 1.79. The van der Waals surface area contributed by atoms with Crippen molar-refractivity contribution in [2.45, 2.75) is 0 Å². The van der Waals surface area contributed by atoms with Gasteiger partial charge in [0, 0.05) is 13.1 Å². The van der Waals surface area contributed by atoms with E-state index in [1.807, 2.05) is 6.07 Å². The summed E-state index contributed by atoms with van der Waals surface area (Å²) >= 11 is 1.54. The quantitative estimate of drug-likeness (QED) is 0.799. The van der Waals surface area contributed by atoms with Gasteiger partial charge in [-0.25, -0.2) is 9.37 Å². The molecule has 2 heterocycles. The molecule has 0 N–H and O–H groups in total. The van der Waals surface area contributed by atoms with Gasteiger partial charge in [0.2, 0.25) is 0 Å². The van der Waals surface area contributed by atoms with Gasteiger partial charge in [0.15, 0.2) is 5.13 Å². The zero-order valence-electron chi connectivity index (χ0n) is 9.06. The van der Waals surface area contributed by atoms with E-state index in [1.54, 1.807) is 6.07 Å². The summed E-state index contributed by atoms with van der Waals surface area (Å²) in [5.41, 5.74) is 0.481. The first kappa shape index (κ1) is 12.5. The van der Waals surface area contributed by atoms with Gasteiger partial charge in [-0.2, -0.15) is 0 Å². The number of rotatable bonds is 1. The zero-order valence-corrected chi connectivity index (χ0v) is 10.7. The van der Waals surface area contributed by atoms with Gasteiger partial charge in [0.05, 0.1) is 17.9 Å². The number of para-hydroxylation sites is 1. The molecule has 0 aliphatic carbocycles. The molecule has 0 spiro atoms. The summed E-state index contributed by atoms with van der Waals surface area (Å²) in [4.78, 5) is 6.50. The Labute approximate surface area is 109 Å². The Hall–Kier alpha value is -0.910. The third kappa shape index (κ3) is 2.36. The number of morpholine rings is 1. The molecule has 92 valence electrons. The second-order valence-corrected chi connectivity index (χ2v) is 4.69. The summed E-state index contributed by atoms with van der Waals surface area (Å²) < 4.78 is 19.7. The number of ether oxygens (including phenoxy) is 1. The van der Waals surface area contributed by atoms with Crippen LogP contribution in [0.15, 0.2) is 18.2 Å². The molecule has 6 heteroatoms. The van der Waals surface area contributed by atoms with E-state index < -0.39 is 0 Å². The van der Waals surface area contributed by atoms with Crippen LogP contribution in [0.2, 0.25) is 0 Å². The molecule has 1 aromatic heterocycles. The minimum atomic E-state index is -0.242. The minimum absolute atomic E-state index is 0. The number of aromatic nitrogens is 1. The zero-order chi connectivity index (χ0) is 11.0. The van der Waals surface area contributed by atoms with Gasteiger partial charge in [0.1, 0.15) is 11.3 Å². The molecule has 0 unspecified atom stereocenters. The number of fused-ring (bicyclic) bond motifs is 1. The number of thiazole rings is 1. The molecule has 3 rings (SSSR count). The number of halogens is 2. The maximum atomic E-state index is 13.5. The van der Waals surface area contributed by atoms with Crippen molar-refractivity contribution in [1.82, 2.24) is 4.98 Å². The van der Waals surface area contributed by atoms with Crippen LogP contribution in [0.1, 0.15) is 0 Å². The highest BCUT2D eigenvalue weighted by atomic mass is 35.5. The van der Waals surface area contributed by atoms with Crippen molar-refractivity contribution in [3.8, 4) is 0 Å². The molecule has 0 atom stereocenters. The number of benzene rings is 1. The van der Waals surface area contributed by atoms with Crippen molar-refractivity contribution in [2.24, 2.45) is 0 Å². The van der Waals surface area contributed by atoms with E-state index in [4.69, 9.17) is 4.74 Å². The largest absolute Gasteiger partial charge is 0.378 e. The van der Waals surface area contributed by atoms with E-state index in [0.29, 0.717) is 5.52 Å². The molecule has 3 nitrogen and oxygen atoms in total. The van der Waals surface area contributed by atoms with Crippen LogP contribution < -0.4 is 4.90 Å². The lowest BCUT2D eigenvalue weighted by Gasteiger charge is -2.25. The van der Waals surface area contributed by atoms with Crippen LogP contribution >= 0.6 is 23.7 Å². The van der Waals surface area contributed by atoms with Gasteiger partial charge in [-0.3, -0.25) is 0 Å².